The molecule has 58 heavy (non-hydrogen) atoms. The zero-order valence-electron chi connectivity index (χ0n) is 33.0. The summed E-state index contributed by atoms with van der Waals surface area (Å²) in [6, 6.07) is 72.7. The van der Waals surface area contributed by atoms with E-state index in [9.17, 15) is 0 Å². The second-order valence-electron chi connectivity index (χ2n) is 15.2. The molecule has 2 heteroatoms. The summed E-state index contributed by atoms with van der Waals surface area (Å²) in [6.45, 7) is 4.30. The van der Waals surface area contributed by atoms with Crippen LogP contribution in [0.25, 0.3) is 33.4 Å². The third kappa shape index (κ3) is 7.91. The maximum Gasteiger partial charge on any atom is 0.0464 e. The van der Waals surface area contributed by atoms with Crippen molar-refractivity contribution < 1.29 is 0 Å². The molecule has 9 rings (SSSR count). The summed E-state index contributed by atoms with van der Waals surface area (Å²) in [5.74, 6) is 0.431. The molecule has 0 bridgehead atoms. The molecule has 1 unspecified atom stereocenters. The van der Waals surface area contributed by atoms with Crippen LogP contribution in [0.3, 0.4) is 0 Å². The molecule has 0 heterocycles. The highest BCUT2D eigenvalue weighted by Crippen LogP contribution is 2.39. The van der Waals surface area contributed by atoms with Crippen LogP contribution in [0.2, 0.25) is 0 Å². The first kappa shape index (κ1) is 36.5. The van der Waals surface area contributed by atoms with E-state index in [4.69, 9.17) is 0 Å². The van der Waals surface area contributed by atoms with Crippen LogP contribution < -0.4 is 9.80 Å². The van der Waals surface area contributed by atoms with Crippen LogP contribution in [0.5, 0.6) is 0 Å². The lowest BCUT2D eigenvalue weighted by Gasteiger charge is -2.26. The Morgan fingerprint density at radius 2 is 0.724 bits per heavy atom. The van der Waals surface area contributed by atoms with Crippen molar-refractivity contribution in [2.24, 2.45) is 0 Å². The van der Waals surface area contributed by atoms with Crippen LogP contribution in [-0.2, 0) is 0 Å². The standard InChI is InChI=1S/C56H46N2/c1-41-11-9-17-55(39-41)57(51-31-23-47(24-32-51)43-13-5-3-6-14-43)53-35-27-49(28-36-53)45-19-21-46(22-20-45)50-29-37-54(38-30-50)58(56-18-10-12-42(2)40-56)52-33-25-48(26-34-52)44-15-7-4-8-16-44/h3-15,17-40,44H,16H2,1-2H3. The van der Waals surface area contributed by atoms with Gasteiger partial charge in [0.2, 0.25) is 0 Å². The minimum atomic E-state index is 0.431. The highest BCUT2D eigenvalue weighted by atomic mass is 15.1. The Morgan fingerprint density at radius 3 is 1.10 bits per heavy atom. The van der Waals surface area contributed by atoms with Crippen molar-refractivity contribution in [2.45, 2.75) is 26.2 Å². The van der Waals surface area contributed by atoms with Crippen molar-refractivity contribution in [3.8, 4) is 33.4 Å². The SMILES string of the molecule is Cc1cccc(N(c2ccc(-c3ccccc3)cc2)c2ccc(-c3ccc(-c4ccc(N(c5ccc(C6C=CC=CC6)cc5)c5cccc(C)c5)cc4)cc3)cc2)c1. The Balaban J connectivity index is 0.951. The van der Waals surface area contributed by atoms with Gasteiger partial charge in [0.15, 0.2) is 0 Å². The number of allylic oxidation sites excluding steroid dienone is 4. The van der Waals surface area contributed by atoms with Gasteiger partial charge in [-0.05, 0) is 143 Å². The van der Waals surface area contributed by atoms with Gasteiger partial charge in [0.1, 0.15) is 0 Å². The number of benzene rings is 8. The largest absolute Gasteiger partial charge is 0.310 e. The summed E-state index contributed by atoms with van der Waals surface area (Å²) in [7, 11) is 0. The van der Waals surface area contributed by atoms with Crippen LogP contribution in [-0.4, -0.2) is 0 Å². The minimum Gasteiger partial charge on any atom is -0.310 e. The van der Waals surface area contributed by atoms with E-state index in [2.05, 4.69) is 248 Å². The molecule has 0 aromatic heterocycles. The van der Waals surface area contributed by atoms with Gasteiger partial charge in [0.25, 0.3) is 0 Å². The fourth-order valence-electron chi connectivity index (χ4n) is 8.02. The van der Waals surface area contributed by atoms with E-state index in [1.54, 1.807) is 0 Å². The van der Waals surface area contributed by atoms with Gasteiger partial charge in [-0.25, -0.2) is 0 Å². The van der Waals surface area contributed by atoms with E-state index < -0.39 is 0 Å². The van der Waals surface area contributed by atoms with Gasteiger partial charge < -0.3 is 9.80 Å². The monoisotopic (exact) mass is 746 g/mol. The van der Waals surface area contributed by atoms with Gasteiger partial charge in [-0.3, -0.25) is 0 Å². The predicted molar refractivity (Wildman–Crippen MR) is 247 cm³/mol. The molecule has 0 saturated heterocycles. The molecule has 0 fully saturated rings. The smallest absolute Gasteiger partial charge is 0.0464 e. The van der Waals surface area contributed by atoms with Crippen molar-refractivity contribution in [2.75, 3.05) is 9.80 Å². The molecule has 0 saturated carbocycles. The van der Waals surface area contributed by atoms with Crippen LogP contribution in [0.4, 0.5) is 34.1 Å². The highest BCUT2D eigenvalue weighted by Gasteiger charge is 2.16. The molecule has 2 nitrogen and oxygen atoms in total. The van der Waals surface area contributed by atoms with E-state index >= 15 is 0 Å². The third-order valence-electron chi connectivity index (χ3n) is 11.1. The van der Waals surface area contributed by atoms with E-state index in [-0.39, 0.29) is 0 Å². The molecule has 0 amide bonds. The van der Waals surface area contributed by atoms with Crippen molar-refractivity contribution in [1.82, 2.24) is 0 Å². The molecular formula is C56H46N2. The second-order valence-corrected chi connectivity index (χ2v) is 15.2. The van der Waals surface area contributed by atoms with E-state index in [1.165, 1.54) is 50.1 Å². The van der Waals surface area contributed by atoms with Gasteiger partial charge in [0, 0.05) is 40.0 Å². The predicted octanol–water partition coefficient (Wildman–Crippen LogP) is 15.8. The first-order valence-electron chi connectivity index (χ1n) is 20.2. The lowest BCUT2D eigenvalue weighted by molar-refractivity contribution is 0.854. The summed E-state index contributed by atoms with van der Waals surface area (Å²) in [5, 5.41) is 0. The van der Waals surface area contributed by atoms with Crippen LogP contribution in [0.1, 0.15) is 29.0 Å². The van der Waals surface area contributed by atoms with Crippen molar-refractivity contribution in [3.63, 3.8) is 0 Å². The summed E-state index contributed by atoms with van der Waals surface area (Å²) in [6.07, 6.45) is 9.88. The highest BCUT2D eigenvalue weighted by molar-refractivity contribution is 5.82. The molecule has 1 aliphatic rings. The fourth-order valence-corrected chi connectivity index (χ4v) is 8.02. The summed E-state index contributed by atoms with van der Waals surface area (Å²) in [4.78, 5) is 4.68. The van der Waals surface area contributed by atoms with Crippen LogP contribution in [0.15, 0.2) is 224 Å². The first-order valence-corrected chi connectivity index (χ1v) is 20.2. The fraction of sp³-hybridized carbons (Fsp3) is 0.0714. The molecule has 0 radical (unpaired) electrons. The summed E-state index contributed by atoms with van der Waals surface area (Å²) < 4.78 is 0. The Labute approximate surface area is 343 Å². The number of hydrogen-bond donors (Lipinski definition) is 0. The molecule has 8 aromatic rings. The minimum absolute atomic E-state index is 0.431. The summed E-state index contributed by atoms with van der Waals surface area (Å²) in [5.41, 5.74) is 17.8. The lowest BCUT2D eigenvalue weighted by Crippen LogP contribution is -2.10. The van der Waals surface area contributed by atoms with Crippen molar-refractivity contribution in [1.29, 1.82) is 0 Å². The zero-order valence-corrected chi connectivity index (χ0v) is 33.0. The van der Waals surface area contributed by atoms with Crippen molar-refractivity contribution in [3.05, 3.63) is 241 Å². The number of anilines is 6. The van der Waals surface area contributed by atoms with Gasteiger partial charge in [-0.15, -0.1) is 0 Å². The number of rotatable bonds is 10. The Morgan fingerprint density at radius 1 is 0.345 bits per heavy atom. The van der Waals surface area contributed by atoms with E-state index in [0.717, 1.165) is 40.5 Å². The lowest BCUT2D eigenvalue weighted by atomic mass is 9.92. The van der Waals surface area contributed by atoms with Crippen LogP contribution in [0, 0.1) is 13.8 Å². The average Bonchev–Trinajstić information content (AvgIpc) is 3.28. The Kier molecular flexibility index (Phi) is 10.4. The average molecular weight is 747 g/mol. The summed E-state index contributed by atoms with van der Waals surface area (Å²) >= 11 is 0. The Hall–Kier alpha value is -7.16. The number of nitrogens with zero attached hydrogens (tertiary/aromatic N) is 2. The Bertz CT molecular complexity index is 2670. The molecule has 0 aliphatic heterocycles. The van der Waals surface area contributed by atoms with Gasteiger partial charge >= 0.3 is 0 Å². The molecule has 280 valence electrons. The van der Waals surface area contributed by atoms with E-state index in [0.29, 0.717) is 5.92 Å². The molecule has 0 N–H and O–H groups in total. The third-order valence-corrected chi connectivity index (χ3v) is 11.1. The first-order chi connectivity index (χ1) is 28.6. The molecule has 0 spiro atoms. The maximum absolute atomic E-state index is 2.35. The topological polar surface area (TPSA) is 6.48 Å². The van der Waals surface area contributed by atoms with Gasteiger partial charge in [-0.1, -0.05) is 152 Å². The number of hydrogen-bond acceptors (Lipinski definition) is 2. The number of aryl methyl sites for hydroxylation is 2. The quantitative estimate of drug-likeness (QED) is 0.137. The molecule has 1 aliphatic carbocycles. The van der Waals surface area contributed by atoms with Crippen LogP contribution >= 0.6 is 0 Å². The molecular weight excluding hydrogens is 701 g/mol. The van der Waals surface area contributed by atoms with Crippen molar-refractivity contribution >= 4 is 34.1 Å². The normalized spacial score (nSPS) is 13.3. The molecule has 8 aromatic carbocycles. The van der Waals surface area contributed by atoms with Gasteiger partial charge in [-0.2, -0.15) is 0 Å². The maximum atomic E-state index is 2.35. The molecule has 1 atom stereocenters. The van der Waals surface area contributed by atoms with Gasteiger partial charge in [0.05, 0.1) is 0 Å². The zero-order chi connectivity index (χ0) is 39.3. The van der Waals surface area contributed by atoms with E-state index in [1.807, 2.05) is 0 Å². The second kappa shape index (κ2) is 16.5.